The molecule has 1 aliphatic heterocycles. The fourth-order valence-corrected chi connectivity index (χ4v) is 2.89. The Morgan fingerprint density at radius 1 is 1.27 bits per heavy atom. The average Bonchev–Trinajstić information content (AvgIpc) is 2.99. The third-order valence-corrected chi connectivity index (χ3v) is 4.11. The summed E-state index contributed by atoms with van der Waals surface area (Å²) >= 11 is 1.31. The molecule has 0 bridgehead atoms. The predicted molar refractivity (Wildman–Crippen MR) is 91.0 cm³/mol. The van der Waals surface area contributed by atoms with Crippen molar-refractivity contribution < 1.29 is 4.79 Å². The lowest BCUT2D eigenvalue weighted by Crippen LogP contribution is -2.45. The van der Waals surface area contributed by atoms with Gasteiger partial charge in [0, 0.05) is 25.0 Å². The highest BCUT2D eigenvalue weighted by Crippen LogP contribution is 2.21. The molecule has 120 valence electrons. The Morgan fingerprint density at radius 2 is 2.05 bits per heavy atom. The van der Waals surface area contributed by atoms with E-state index < -0.39 is 0 Å². The maximum absolute atomic E-state index is 12.1. The van der Waals surface area contributed by atoms with E-state index in [0.717, 1.165) is 25.9 Å². The standard InChI is InChI=1S/C13H15N5OS.2ClH/c19-12(18-9-3-1-4-14-7-9)10-8-17-13(20-10)11-15-5-2-6-16-11;;/h2,5-6,8-9,14H,1,3-4,7H2,(H,18,19);2*1H. The molecule has 0 aliphatic carbocycles. The first-order valence-corrected chi connectivity index (χ1v) is 7.39. The van der Waals surface area contributed by atoms with Crippen molar-refractivity contribution in [3.8, 4) is 10.8 Å². The van der Waals surface area contributed by atoms with Crippen molar-refractivity contribution >= 4 is 42.1 Å². The van der Waals surface area contributed by atoms with Crippen LogP contribution in [0.15, 0.2) is 24.7 Å². The van der Waals surface area contributed by atoms with E-state index in [0.29, 0.717) is 15.7 Å². The minimum atomic E-state index is -0.0709. The summed E-state index contributed by atoms with van der Waals surface area (Å²) in [7, 11) is 0. The lowest BCUT2D eigenvalue weighted by atomic mass is 10.1. The van der Waals surface area contributed by atoms with Gasteiger partial charge in [0.1, 0.15) is 4.88 Å². The van der Waals surface area contributed by atoms with Gasteiger partial charge < -0.3 is 10.6 Å². The van der Waals surface area contributed by atoms with E-state index in [2.05, 4.69) is 25.6 Å². The maximum atomic E-state index is 12.1. The summed E-state index contributed by atoms with van der Waals surface area (Å²) in [6.45, 7) is 1.86. The Morgan fingerprint density at radius 3 is 2.73 bits per heavy atom. The normalized spacial score (nSPS) is 17.0. The summed E-state index contributed by atoms with van der Waals surface area (Å²) < 4.78 is 0. The molecule has 0 radical (unpaired) electrons. The Bertz CT molecular complexity index is 589. The quantitative estimate of drug-likeness (QED) is 0.872. The van der Waals surface area contributed by atoms with Gasteiger partial charge in [0.25, 0.3) is 5.91 Å². The molecule has 9 heteroatoms. The van der Waals surface area contributed by atoms with Crippen molar-refractivity contribution in [2.24, 2.45) is 0 Å². The summed E-state index contributed by atoms with van der Waals surface area (Å²) in [5.41, 5.74) is 0. The highest BCUT2D eigenvalue weighted by molar-refractivity contribution is 7.16. The maximum Gasteiger partial charge on any atom is 0.263 e. The molecular formula is C13H17Cl2N5OS. The number of piperidine rings is 1. The zero-order chi connectivity index (χ0) is 13.8. The summed E-state index contributed by atoms with van der Waals surface area (Å²) in [6.07, 6.45) is 7.03. The zero-order valence-corrected chi connectivity index (χ0v) is 14.1. The second kappa shape index (κ2) is 8.99. The molecule has 3 rings (SSSR count). The number of hydrogen-bond acceptors (Lipinski definition) is 6. The summed E-state index contributed by atoms with van der Waals surface area (Å²) in [6, 6.07) is 1.95. The van der Waals surface area contributed by atoms with E-state index in [4.69, 9.17) is 0 Å². The Balaban J connectivity index is 0.00000121. The number of nitrogens with zero attached hydrogens (tertiary/aromatic N) is 3. The largest absolute Gasteiger partial charge is 0.347 e. The van der Waals surface area contributed by atoms with Gasteiger partial charge in [0.05, 0.1) is 6.20 Å². The van der Waals surface area contributed by atoms with Crippen molar-refractivity contribution in [1.82, 2.24) is 25.6 Å². The van der Waals surface area contributed by atoms with Gasteiger partial charge in [0.15, 0.2) is 10.8 Å². The van der Waals surface area contributed by atoms with Crippen molar-refractivity contribution in [3.05, 3.63) is 29.5 Å². The van der Waals surface area contributed by atoms with Crippen LogP contribution in [0.3, 0.4) is 0 Å². The first kappa shape index (κ1) is 18.8. The number of halogens is 2. The smallest absolute Gasteiger partial charge is 0.263 e. The highest BCUT2D eigenvalue weighted by Gasteiger charge is 2.18. The van der Waals surface area contributed by atoms with Crippen molar-refractivity contribution in [2.75, 3.05) is 13.1 Å². The van der Waals surface area contributed by atoms with Crippen LogP contribution in [0.1, 0.15) is 22.5 Å². The van der Waals surface area contributed by atoms with E-state index >= 15 is 0 Å². The molecule has 1 fully saturated rings. The van der Waals surface area contributed by atoms with Crippen molar-refractivity contribution in [2.45, 2.75) is 18.9 Å². The number of rotatable bonds is 3. The Kier molecular flexibility index (Phi) is 7.67. The van der Waals surface area contributed by atoms with E-state index in [1.807, 2.05) is 0 Å². The number of thiazole rings is 1. The molecule has 1 aliphatic rings. The van der Waals surface area contributed by atoms with Gasteiger partial charge in [-0.1, -0.05) is 0 Å². The number of nitrogens with one attached hydrogen (secondary N) is 2. The highest BCUT2D eigenvalue weighted by atomic mass is 35.5. The summed E-state index contributed by atoms with van der Waals surface area (Å²) in [5, 5.41) is 6.97. The van der Waals surface area contributed by atoms with E-state index in [1.165, 1.54) is 11.3 Å². The molecule has 1 saturated heterocycles. The molecule has 0 spiro atoms. The van der Waals surface area contributed by atoms with Gasteiger partial charge in [-0.05, 0) is 25.5 Å². The average molecular weight is 362 g/mol. The molecule has 2 N–H and O–H groups in total. The van der Waals surface area contributed by atoms with Crippen LogP contribution in [0.5, 0.6) is 0 Å². The number of amides is 1. The van der Waals surface area contributed by atoms with Crippen LogP contribution in [0.25, 0.3) is 10.8 Å². The van der Waals surface area contributed by atoms with E-state index in [1.54, 1.807) is 24.7 Å². The van der Waals surface area contributed by atoms with Crippen LogP contribution in [0, 0.1) is 0 Å². The number of carbonyl (C=O) groups excluding carboxylic acids is 1. The summed E-state index contributed by atoms with van der Waals surface area (Å²) in [5.74, 6) is 0.481. The third-order valence-electron chi connectivity index (χ3n) is 3.12. The SMILES string of the molecule is Cl.Cl.O=C(NC1CCCNC1)c1cnc(-c2ncccn2)s1. The lowest BCUT2D eigenvalue weighted by Gasteiger charge is -2.23. The fourth-order valence-electron chi connectivity index (χ4n) is 2.12. The van der Waals surface area contributed by atoms with Crippen LogP contribution < -0.4 is 10.6 Å². The van der Waals surface area contributed by atoms with Gasteiger partial charge in [-0.2, -0.15) is 0 Å². The number of aromatic nitrogens is 3. The summed E-state index contributed by atoms with van der Waals surface area (Å²) in [4.78, 5) is 25.2. The Hall–Kier alpha value is -1.28. The van der Waals surface area contributed by atoms with Gasteiger partial charge in [-0.3, -0.25) is 4.79 Å². The van der Waals surface area contributed by atoms with E-state index in [-0.39, 0.29) is 36.8 Å². The van der Waals surface area contributed by atoms with Crippen LogP contribution in [-0.4, -0.2) is 40.0 Å². The second-order valence-corrected chi connectivity index (χ2v) is 5.65. The van der Waals surface area contributed by atoms with E-state index in [9.17, 15) is 4.79 Å². The van der Waals surface area contributed by atoms with Crippen LogP contribution in [0.2, 0.25) is 0 Å². The molecule has 0 saturated carbocycles. The van der Waals surface area contributed by atoms with Gasteiger partial charge >= 0.3 is 0 Å². The molecule has 22 heavy (non-hydrogen) atoms. The topological polar surface area (TPSA) is 79.8 Å². The minimum Gasteiger partial charge on any atom is -0.347 e. The number of hydrogen-bond donors (Lipinski definition) is 2. The molecule has 3 heterocycles. The molecule has 2 aromatic rings. The van der Waals surface area contributed by atoms with Crippen LogP contribution >= 0.6 is 36.2 Å². The fraction of sp³-hybridized carbons (Fsp3) is 0.385. The first-order chi connectivity index (χ1) is 9.83. The molecule has 1 amide bonds. The molecule has 2 aromatic heterocycles. The van der Waals surface area contributed by atoms with Crippen molar-refractivity contribution in [3.63, 3.8) is 0 Å². The predicted octanol–water partition coefficient (Wildman–Crippen LogP) is 1.93. The third kappa shape index (κ3) is 4.61. The minimum absolute atomic E-state index is 0. The monoisotopic (exact) mass is 361 g/mol. The van der Waals surface area contributed by atoms with Crippen molar-refractivity contribution in [1.29, 1.82) is 0 Å². The molecule has 6 nitrogen and oxygen atoms in total. The van der Waals surface area contributed by atoms with Gasteiger partial charge in [0.2, 0.25) is 0 Å². The number of carbonyl (C=O) groups is 1. The lowest BCUT2D eigenvalue weighted by molar-refractivity contribution is 0.0934. The van der Waals surface area contributed by atoms with Gasteiger partial charge in [-0.15, -0.1) is 36.2 Å². The van der Waals surface area contributed by atoms with Crippen LogP contribution in [0.4, 0.5) is 0 Å². The Labute approximate surface area is 145 Å². The van der Waals surface area contributed by atoms with Crippen LogP contribution in [-0.2, 0) is 0 Å². The molecule has 1 atom stereocenters. The zero-order valence-electron chi connectivity index (χ0n) is 11.7. The first-order valence-electron chi connectivity index (χ1n) is 6.58. The molecule has 0 aromatic carbocycles. The second-order valence-electron chi connectivity index (χ2n) is 4.62. The molecular weight excluding hydrogens is 345 g/mol. The molecule has 1 unspecified atom stereocenters. The van der Waals surface area contributed by atoms with Gasteiger partial charge in [-0.25, -0.2) is 15.0 Å².